The molecule has 1 amide bonds. The van der Waals surface area contributed by atoms with Crippen molar-refractivity contribution in [1.82, 2.24) is 15.2 Å². The van der Waals surface area contributed by atoms with E-state index in [9.17, 15) is 9.59 Å². The van der Waals surface area contributed by atoms with Gasteiger partial charge in [-0.05, 0) is 31.5 Å². The number of H-pyrrole nitrogens is 1. The first-order chi connectivity index (χ1) is 9.97. The third-order valence-corrected chi connectivity index (χ3v) is 4.12. The molecule has 0 spiro atoms. The summed E-state index contributed by atoms with van der Waals surface area (Å²) in [7, 11) is 0. The van der Waals surface area contributed by atoms with Crippen molar-refractivity contribution in [3.63, 3.8) is 0 Å². The molecule has 0 unspecified atom stereocenters. The summed E-state index contributed by atoms with van der Waals surface area (Å²) in [6, 6.07) is 5.30. The lowest BCUT2D eigenvalue weighted by atomic mass is 10.2. The number of nitrogens with one attached hydrogen (secondary N) is 2. The molecule has 8 heteroatoms. The van der Waals surface area contributed by atoms with Crippen LogP contribution in [-0.2, 0) is 4.79 Å². The Hall–Kier alpha value is -1.86. The van der Waals surface area contributed by atoms with Crippen LogP contribution in [-0.4, -0.2) is 26.3 Å². The number of thioether (sulfide) groups is 1. The van der Waals surface area contributed by atoms with E-state index in [4.69, 9.17) is 11.6 Å². The van der Waals surface area contributed by atoms with Crippen molar-refractivity contribution in [3.05, 3.63) is 45.3 Å². The Balaban J connectivity index is 2.06. The number of rotatable bonds is 4. The Morgan fingerprint density at radius 2 is 2.24 bits per heavy atom. The van der Waals surface area contributed by atoms with E-state index in [0.29, 0.717) is 15.9 Å². The van der Waals surface area contributed by atoms with Crippen LogP contribution >= 0.6 is 23.4 Å². The summed E-state index contributed by atoms with van der Waals surface area (Å²) in [6.45, 7) is 3.54. The van der Waals surface area contributed by atoms with Gasteiger partial charge in [0.15, 0.2) is 5.16 Å². The van der Waals surface area contributed by atoms with Crippen LogP contribution in [0, 0.1) is 6.92 Å². The first-order valence-corrected chi connectivity index (χ1v) is 7.38. The normalized spacial score (nSPS) is 12.0. The highest BCUT2D eigenvalue weighted by Gasteiger charge is 2.17. The van der Waals surface area contributed by atoms with Crippen LogP contribution in [0.1, 0.15) is 12.5 Å². The van der Waals surface area contributed by atoms with Crippen molar-refractivity contribution in [2.75, 3.05) is 5.32 Å². The minimum absolute atomic E-state index is 0.211. The zero-order valence-corrected chi connectivity index (χ0v) is 13.0. The fourth-order valence-electron chi connectivity index (χ4n) is 1.55. The molecule has 0 aliphatic rings. The van der Waals surface area contributed by atoms with Crippen LogP contribution in [0.3, 0.4) is 0 Å². The first-order valence-electron chi connectivity index (χ1n) is 6.12. The van der Waals surface area contributed by atoms with Crippen molar-refractivity contribution >= 4 is 35.0 Å². The second-order valence-corrected chi connectivity index (χ2v) is 6.04. The van der Waals surface area contributed by atoms with E-state index < -0.39 is 5.25 Å². The van der Waals surface area contributed by atoms with Gasteiger partial charge in [-0.2, -0.15) is 5.10 Å². The summed E-state index contributed by atoms with van der Waals surface area (Å²) in [4.78, 5) is 25.8. The zero-order valence-electron chi connectivity index (χ0n) is 11.4. The van der Waals surface area contributed by atoms with Crippen LogP contribution in [0.5, 0.6) is 0 Å². The highest BCUT2D eigenvalue weighted by atomic mass is 35.5. The molecule has 0 radical (unpaired) electrons. The van der Waals surface area contributed by atoms with Crippen molar-refractivity contribution in [3.8, 4) is 0 Å². The fourth-order valence-corrected chi connectivity index (χ4v) is 2.48. The highest BCUT2D eigenvalue weighted by Crippen LogP contribution is 2.24. The topological polar surface area (TPSA) is 87.7 Å². The molecule has 21 heavy (non-hydrogen) atoms. The molecule has 0 bridgehead atoms. The SMILES string of the molecule is Cc1c(Cl)cccc1NC(=O)[C@@H](C)Sc1nncc(=O)[nH]1. The number of hydrogen-bond donors (Lipinski definition) is 2. The first kappa shape index (κ1) is 15.5. The Morgan fingerprint density at radius 3 is 2.95 bits per heavy atom. The van der Waals surface area contributed by atoms with Crippen molar-refractivity contribution in [2.45, 2.75) is 24.3 Å². The molecule has 0 aliphatic heterocycles. The van der Waals surface area contributed by atoms with Gasteiger partial charge in [0, 0.05) is 10.7 Å². The highest BCUT2D eigenvalue weighted by molar-refractivity contribution is 8.00. The Bertz CT molecular complexity index is 719. The number of halogens is 1. The smallest absolute Gasteiger partial charge is 0.270 e. The number of anilines is 1. The third kappa shape index (κ3) is 4.05. The Kier molecular flexibility index (Phi) is 4.98. The molecule has 1 atom stereocenters. The molecule has 0 saturated heterocycles. The summed E-state index contributed by atoms with van der Waals surface area (Å²) < 4.78 is 0. The predicted octanol–water partition coefficient (Wildman–Crippen LogP) is 2.25. The van der Waals surface area contributed by atoms with E-state index in [1.165, 1.54) is 0 Å². The second kappa shape index (κ2) is 6.73. The van der Waals surface area contributed by atoms with Crippen LogP contribution in [0.4, 0.5) is 5.69 Å². The van der Waals surface area contributed by atoms with E-state index in [1.54, 1.807) is 25.1 Å². The average Bonchev–Trinajstić information content (AvgIpc) is 2.44. The average molecular weight is 325 g/mol. The summed E-state index contributed by atoms with van der Waals surface area (Å²) >= 11 is 7.13. The number of benzene rings is 1. The molecule has 0 aliphatic carbocycles. The molecule has 0 fully saturated rings. The summed E-state index contributed by atoms with van der Waals surface area (Å²) in [5.74, 6) is -0.211. The summed E-state index contributed by atoms with van der Waals surface area (Å²) in [5, 5.41) is 10.5. The van der Waals surface area contributed by atoms with Gasteiger partial charge in [0.25, 0.3) is 5.56 Å². The van der Waals surface area contributed by atoms with Gasteiger partial charge in [0.1, 0.15) is 6.20 Å². The number of carbonyl (C=O) groups excluding carboxylic acids is 1. The van der Waals surface area contributed by atoms with Gasteiger partial charge in [-0.15, -0.1) is 5.10 Å². The number of amides is 1. The van der Waals surface area contributed by atoms with E-state index in [0.717, 1.165) is 23.5 Å². The monoisotopic (exact) mass is 324 g/mol. The number of aromatic amines is 1. The van der Waals surface area contributed by atoms with Crippen LogP contribution in [0.25, 0.3) is 0 Å². The molecule has 110 valence electrons. The minimum Gasteiger partial charge on any atom is -0.325 e. The molecule has 0 saturated carbocycles. The van der Waals surface area contributed by atoms with Gasteiger partial charge in [-0.3, -0.25) is 14.6 Å². The minimum atomic E-state index is -0.448. The third-order valence-electron chi connectivity index (χ3n) is 2.74. The van der Waals surface area contributed by atoms with E-state index in [2.05, 4.69) is 20.5 Å². The van der Waals surface area contributed by atoms with E-state index in [-0.39, 0.29) is 11.5 Å². The Morgan fingerprint density at radius 1 is 1.48 bits per heavy atom. The fraction of sp³-hybridized carbons (Fsp3) is 0.231. The predicted molar refractivity (Wildman–Crippen MR) is 82.8 cm³/mol. The van der Waals surface area contributed by atoms with Crippen LogP contribution in [0.2, 0.25) is 5.02 Å². The number of hydrogen-bond acceptors (Lipinski definition) is 5. The molecule has 6 nitrogen and oxygen atoms in total. The molecule has 1 aromatic carbocycles. The van der Waals surface area contributed by atoms with Crippen LogP contribution in [0.15, 0.2) is 34.3 Å². The van der Waals surface area contributed by atoms with E-state index >= 15 is 0 Å². The van der Waals surface area contributed by atoms with Crippen molar-refractivity contribution < 1.29 is 4.79 Å². The maximum absolute atomic E-state index is 12.2. The molecule has 2 aromatic rings. The number of nitrogens with zero attached hydrogens (tertiary/aromatic N) is 2. The quantitative estimate of drug-likeness (QED) is 0.842. The van der Waals surface area contributed by atoms with Crippen molar-refractivity contribution in [2.24, 2.45) is 0 Å². The van der Waals surface area contributed by atoms with Gasteiger partial charge >= 0.3 is 0 Å². The zero-order chi connectivity index (χ0) is 15.4. The lowest BCUT2D eigenvalue weighted by Gasteiger charge is -2.13. The van der Waals surface area contributed by atoms with Gasteiger partial charge in [0.05, 0.1) is 5.25 Å². The van der Waals surface area contributed by atoms with E-state index in [1.807, 2.05) is 6.92 Å². The Labute approximate surface area is 130 Å². The maximum Gasteiger partial charge on any atom is 0.270 e. The van der Waals surface area contributed by atoms with Gasteiger partial charge in [-0.1, -0.05) is 29.4 Å². The maximum atomic E-state index is 12.2. The molecule has 2 rings (SSSR count). The number of carbonyl (C=O) groups is 1. The van der Waals surface area contributed by atoms with Crippen LogP contribution < -0.4 is 10.9 Å². The molecular formula is C13H13ClN4O2S. The van der Waals surface area contributed by atoms with Gasteiger partial charge in [0.2, 0.25) is 5.91 Å². The largest absolute Gasteiger partial charge is 0.325 e. The summed E-state index contributed by atoms with van der Waals surface area (Å²) in [6.07, 6.45) is 1.07. The lowest BCUT2D eigenvalue weighted by Crippen LogP contribution is -2.23. The second-order valence-electron chi connectivity index (χ2n) is 4.30. The molecule has 1 heterocycles. The van der Waals surface area contributed by atoms with Gasteiger partial charge in [-0.25, -0.2) is 0 Å². The molecule has 1 aromatic heterocycles. The van der Waals surface area contributed by atoms with Crippen molar-refractivity contribution in [1.29, 1.82) is 0 Å². The number of aromatic nitrogens is 3. The molecular weight excluding hydrogens is 312 g/mol. The standard InChI is InChI=1S/C13H13ClN4O2S/c1-7-9(14)4-3-5-10(7)16-12(20)8(2)21-13-17-11(19)6-15-18-13/h3-6,8H,1-2H3,(H,16,20)(H,17,18,19)/t8-/m1/s1. The summed E-state index contributed by atoms with van der Waals surface area (Å²) in [5.41, 5.74) is 1.11. The lowest BCUT2D eigenvalue weighted by molar-refractivity contribution is -0.115. The molecule has 2 N–H and O–H groups in total. The van der Waals surface area contributed by atoms with Gasteiger partial charge < -0.3 is 5.32 Å².